The monoisotopic (exact) mass is 245 g/mol. The van der Waals surface area contributed by atoms with Crippen LogP contribution in [0.4, 0.5) is 5.69 Å². The summed E-state index contributed by atoms with van der Waals surface area (Å²) in [7, 11) is 0. The van der Waals surface area contributed by atoms with E-state index in [1.165, 1.54) is 32.4 Å². The first kappa shape index (κ1) is 11.8. The molecule has 2 atom stereocenters. The first-order valence-electron chi connectivity index (χ1n) is 6.86. The van der Waals surface area contributed by atoms with E-state index in [1.807, 2.05) is 6.07 Å². The first-order valence-corrected chi connectivity index (χ1v) is 6.86. The van der Waals surface area contributed by atoms with Crippen LogP contribution in [-0.4, -0.2) is 29.5 Å². The van der Waals surface area contributed by atoms with Gasteiger partial charge in [-0.2, -0.15) is 0 Å². The number of likely N-dealkylation sites (tertiary alicyclic amines) is 1. The smallest absolute Gasteiger partial charge is 0.126 e. The lowest BCUT2D eigenvalue weighted by atomic mass is 10.0. The lowest BCUT2D eigenvalue weighted by molar-refractivity contribution is 0.314. The Morgan fingerprint density at radius 2 is 2.06 bits per heavy atom. The molecule has 1 aliphatic heterocycles. The molecule has 4 heteroatoms. The van der Waals surface area contributed by atoms with Crippen molar-refractivity contribution >= 4 is 5.69 Å². The van der Waals surface area contributed by atoms with Gasteiger partial charge in [0.1, 0.15) is 5.69 Å². The lowest BCUT2D eigenvalue weighted by Gasteiger charge is -2.16. The second-order valence-electron chi connectivity index (χ2n) is 5.56. The Labute approximate surface area is 107 Å². The van der Waals surface area contributed by atoms with E-state index >= 15 is 0 Å². The molecule has 4 nitrogen and oxygen atoms in total. The number of pyridine rings is 1. The largest absolute Gasteiger partial charge is 0.302 e. The molecule has 2 fully saturated rings. The van der Waals surface area contributed by atoms with E-state index in [0.717, 1.165) is 30.5 Å². The van der Waals surface area contributed by atoms with Crippen molar-refractivity contribution in [1.82, 2.24) is 9.88 Å². The summed E-state index contributed by atoms with van der Waals surface area (Å²) < 4.78 is 0. The van der Waals surface area contributed by atoms with Crippen molar-refractivity contribution in [3.8, 4) is 0 Å². The summed E-state index contributed by atoms with van der Waals surface area (Å²) in [4.78, 5) is 17.1. The molecule has 1 aromatic heterocycles. The summed E-state index contributed by atoms with van der Waals surface area (Å²) in [6, 6.07) is 3.65. The van der Waals surface area contributed by atoms with Gasteiger partial charge in [-0.05, 0) is 42.0 Å². The molecule has 0 aromatic carbocycles. The van der Waals surface area contributed by atoms with Crippen molar-refractivity contribution in [2.24, 2.45) is 17.0 Å². The predicted octanol–water partition coefficient (Wildman–Crippen LogP) is 2.75. The van der Waals surface area contributed by atoms with Gasteiger partial charge < -0.3 is 4.90 Å². The van der Waals surface area contributed by atoms with Gasteiger partial charge in [0.25, 0.3) is 0 Å². The molecule has 1 saturated carbocycles. The summed E-state index contributed by atoms with van der Waals surface area (Å²) in [5.74, 6) is 1.92. The Hall–Kier alpha value is -1.29. The minimum absolute atomic E-state index is 0.412. The maximum atomic E-state index is 10.3. The standard InChI is InChI=1S/C14H19N3O/c18-16-14-5-4-13(15-8-14)6-7-17-9-11-2-1-3-12(11)10-17/h4-5,8,11-12H,1-3,6-7,9-10H2. The Balaban J connectivity index is 1.50. The molecule has 2 heterocycles. The second-order valence-corrected chi connectivity index (χ2v) is 5.56. The van der Waals surface area contributed by atoms with Crippen LogP contribution in [-0.2, 0) is 6.42 Å². The van der Waals surface area contributed by atoms with E-state index in [0.29, 0.717) is 5.69 Å². The lowest BCUT2D eigenvalue weighted by Crippen LogP contribution is -2.24. The highest BCUT2D eigenvalue weighted by Gasteiger charge is 2.35. The molecule has 2 unspecified atom stereocenters. The zero-order chi connectivity index (χ0) is 12.4. The number of nitrogens with zero attached hydrogens (tertiary/aromatic N) is 3. The number of rotatable bonds is 4. The van der Waals surface area contributed by atoms with Crippen LogP contribution in [0.15, 0.2) is 23.5 Å². The van der Waals surface area contributed by atoms with Gasteiger partial charge in [-0.1, -0.05) is 6.42 Å². The normalized spacial score (nSPS) is 27.3. The van der Waals surface area contributed by atoms with E-state index in [1.54, 1.807) is 12.3 Å². The fourth-order valence-electron chi connectivity index (χ4n) is 3.41. The van der Waals surface area contributed by atoms with Crippen molar-refractivity contribution in [2.45, 2.75) is 25.7 Å². The fraction of sp³-hybridized carbons (Fsp3) is 0.643. The van der Waals surface area contributed by atoms with Gasteiger partial charge in [0.2, 0.25) is 0 Å². The molecule has 0 spiro atoms. The molecule has 18 heavy (non-hydrogen) atoms. The minimum Gasteiger partial charge on any atom is -0.302 e. The Bertz CT molecular complexity index is 406. The predicted molar refractivity (Wildman–Crippen MR) is 70.7 cm³/mol. The molecule has 0 N–H and O–H groups in total. The summed E-state index contributed by atoms with van der Waals surface area (Å²) in [6.07, 6.45) is 6.82. The molecule has 2 aliphatic rings. The van der Waals surface area contributed by atoms with Gasteiger partial charge in [0.15, 0.2) is 0 Å². The zero-order valence-corrected chi connectivity index (χ0v) is 10.6. The van der Waals surface area contributed by atoms with Crippen molar-refractivity contribution in [2.75, 3.05) is 19.6 Å². The third-order valence-electron chi connectivity index (χ3n) is 4.40. The van der Waals surface area contributed by atoms with Gasteiger partial charge in [-0.25, -0.2) is 0 Å². The molecule has 0 amide bonds. The van der Waals surface area contributed by atoms with Gasteiger partial charge in [-0.15, -0.1) is 4.91 Å². The maximum Gasteiger partial charge on any atom is 0.126 e. The summed E-state index contributed by atoms with van der Waals surface area (Å²) in [5, 5.41) is 2.86. The van der Waals surface area contributed by atoms with Crippen molar-refractivity contribution in [1.29, 1.82) is 0 Å². The number of aromatic nitrogens is 1. The highest BCUT2D eigenvalue weighted by molar-refractivity contribution is 5.33. The molecule has 96 valence electrons. The van der Waals surface area contributed by atoms with Crippen LogP contribution in [0, 0.1) is 16.7 Å². The minimum atomic E-state index is 0.412. The van der Waals surface area contributed by atoms with Crippen LogP contribution in [0.5, 0.6) is 0 Å². The average molecular weight is 245 g/mol. The number of fused-ring (bicyclic) bond motifs is 1. The number of hydrogen-bond donors (Lipinski definition) is 0. The van der Waals surface area contributed by atoms with E-state index in [2.05, 4.69) is 15.1 Å². The quantitative estimate of drug-likeness (QED) is 0.766. The van der Waals surface area contributed by atoms with Gasteiger partial charge >= 0.3 is 0 Å². The van der Waals surface area contributed by atoms with Gasteiger partial charge in [-0.3, -0.25) is 4.98 Å². The van der Waals surface area contributed by atoms with Gasteiger partial charge in [0, 0.05) is 31.7 Å². The van der Waals surface area contributed by atoms with Crippen LogP contribution in [0.1, 0.15) is 25.0 Å². The molecular weight excluding hydrogens is 226 g/mol. The Morgan fingerprint density at radius 3 is 2.67 bits per heavy atom. The molecular formula is C14H19N3O. The fourth-order valence-corrected chi connectivity index (χ4v) is 3.41. The topological polar surface area (TPSA) is 45.6 Å². The maximum absolute atomic E-state index is 10.3. The van der Waals surface area contributed by atoms with Crippen molar-refractivity contribution in [3.05, 3.63) is 28.9 Å². The highest BCUT2D eigenvalue weighted by Crippen LogP contribution is 2.37. The van der Waals surface area contributed by atoms with Crippen molar-refractivity contribution < 1.29 is 0 Å². The second kappa shape index (κ2) is 5.14. The first-order chi connectivity index (χ1) is 8.85. The molecule has 0 bridgehead atoms. The summed E-state index contributed by atoms with van der Waals surface area (Å²) in [5.41, 5.74) is 1.47. The van der Waals surface area contributed by atoms with Crippen LogP contribution in [0.3, 0.4) is 0 Å². The third kappa shape index (κ3) is 2.43. The molecule has 1 saturated heterocycles. The molecule has 1 aromatic rings. The Kier molecular flexibility index (Phi) is 3.37. The average Bonchev–Trinajstić information content (AvgIpc) is 2.97. The van der Waals surface area contributed by atoms with Crippen LogP contribution < -0.4 is 0 Å². The zero-order valence-electron chi connectivity index (χ0n) is 10.6. The van der Waals surface area contributed by atoms with E-state index in [4.69, 9.17) is 0 Å². The van der Waals surface area contributed by atoms with Crippen LogP contribution in [0.25, 0.3) is 0 Å². The van der Waals surface area contributed by atoms with E-state index in [-0.39, 0.29) is 0 Å². The molecule has 3 rings (SSSR count). The third-order valence-corrected chi connectivity index (χ3v) is 4.40. The molecule has 1 aliphatic carbocycles. The van der Waals surface area contributed by atoms with Crippen LogP contribution in [0.2, 0.25) is 0 Å². The van der Waals surface area contributed by atoms with Crippen LogP contribution >= 0.6 is 0 Å². The van der Waals surface area contributed by atoms with E-state index < -0.39 is 0 Å². The summed E-state index contributed by atoms with van der Waals surface area (Å²) >= 11 is 0. The number of hydrogen-bond acceptors (Lipinski definition) is 4. The number of nitroso groups, excluding NO2 is 1. The Morgan fingerprint density at radius 1 is 1.28 bits per heavy atom. The van der Waals surface area contributed by atoms with E-state index in [9.17, 15) is 4.91 Å². The summed E-state index contributed by atoms with van der Waals surface area (Å²) in [6.45, 7) is 3.64. The van der Waals surface area contributed by atoms with Crippen molar-refractivity contribution in [3.63, 3.8) is 0 Å². The highest BCUT2D eigenvalue weighted by atomic mass is 16.3. The SMILES string of the molecule is O=Nc1ccc(CCN2CC3CCCC3C2)nc1. The molecule has 0 radical (unpaired) electrons. The van der Waals surface area contributed by atoms with Gasteiger partial charge in [0.05, 0.1) is 6.20 Å².